The number of amides is 2. The van der Waals surface area contributed by atoms with Crippen LogP contribution in [0.1, 0.15) is 38.3 Å². The summed E-state index contributed by atoms with van der Waals surface area (Å²) in [5.74, 6) is 0.247. The number of carbonyl (C=O) groups excluding carboxylic acids is 2. The summed E-state index contributed by atoms with van der Waals surface area (Å²) >= 11 is 7.39. The highest BCUT2D eigenvalue weighted by molar-refractivity contribution is 7.99. The van der Waals surface area contributed by atoms with Crippen molar-refractivity contribution in [1.82, 2.24) is 10.2 Å². The van der Waals surface area contributed by atoms with E-state index in [0.29, 0.717) is 10.8 Å². The Labute approximate surface area is 187 Å². The van der Waals surface area contributed by atoms with Crippen LogP contribution < -0.4 is 5.32 Å². The lowest BCUT2D eigenvalue weighted by molar-refractivity contribution is -0.138. The smallest absolute Gasteiger partial charge is 0.242 e. The van der Waals surface area contributed by atoms with E-state index in [0.717, 1.165) is 17.5 Å². The number of carbonyl (C=O) groups is 2. The second-order valence-electron chi connectivity index (χ2n) is 7.26. The van der Waals surface area contributed by atoms with Crippen LogP contribution in [0.5, 0.6) is 0 Å². The minimum Gasteiger partial charge on any atom is -0.352 e. The summed E-state index contributed by atoms with van der Waals surface area (Å²) in [6.45, 7) is 5.89. The molecule has 0 saturated heterocycles. The van der Waals surface area contributed by atoms with Crippen molar-refractivity contribution in [3.05, 3.63) is 70.5 Å². The van der Waals surface area contributed by atoms with E-state index >= 15 is 0 Å². The Morgan fingerprint density at radius 1 is 1.07 bits per heavy atom. The minimum atomic E-state index is -0.632. The molecule has 0 radical (unpaired) electrons. The Morgan fingerprint density at radius 3 is 2.27 bits per heavy atom. The Morgan fingerprint density at radius 2 is 1.67 bits per heavy atom. The number of nitrogens with one attached hydrogen (secondary N) is 1. The highest BCUT2D eigenvalue weighted by atomic mass is 35.5. The number of hydrogen-bond acceptors (Lipinski definition) is 3. The van der Waals surface area contributed by atoms with E-state index in [1.807, 2.05) is 38.1 Å². The monoisotopic (exact) mass is 450 g/mol. The topological polar surface area (TPSA) is 49.4 Å². The van der Waals surface area contributed by atoms with E-state index in [1.54, 1.807) is 24.0 Å². The molecule has 0 aliphatic carbocycles. The van der Waals surface area contributed by atoms with Crippen LogP contribution in [0.2, 0.25) is 5.02 Å². The molecule has 7 heteroatoms. The molecule has 0 aliphatic rings. The summed E-state index contributed by atoms with van der Waals surface area (Å²) in [5.41, 5.74) is 1.85. The Bertz CT molecular complexity index is 830. The first-order valence-electron chi connectivity index (χ1n) is 9.96. The van der Waals surface area contributed by atoms with Gasteiger partial charge in [-0.25, -0.2) is 4.39 Å². The number of rotatable bonds is 10. The van der Waals surface area contributed by atoms with Gasteiger partial charge in [-0.1, -0.05) is 42.8 Å². The Hall–Kier alpha value is -2.05. The molecular formula is C23H28ClFN2O2S. The Kier molecular flexibility index (Phi) is 9.66. The molecule has 30 heavy (non-hydrogen) atoms. The molecule has 0 spiro atoms. The number of hydrogen-bond donors (Lipinski definition) is 1. The van der Waals surface area contributed by atoms with E-state index in [9.17, 15) is 14.0 Å². The lowest BCUT2D eigenvalue weighted by Gasteiger charge is -2.29. The van der Waals surface area contributed by atoms with Crippen molar-refractivity contribution in [3.63, 3.8) is 0 Å². The molecule has 2 aromatic carbocycles. The average molecular weight is 451 g/mol. The van der Waals surface area contributed by atoms with Crippen LogP contribution in [0, 0.1) is 5.82 Å². The second-order valence-corrected chi connectivity index (χ2v) is 8.68. The van der Waals surface area contributed by atoms with Crippen LogP contribution in [-0.2, 0) is 21.9 Å². The van der Waals surface area contributed by atoms with Gasteiger partial charge in [0.15, 0.2) is 0 Å². The van der Waals surface area contributed by atoms with Crippen molar-refractivity contribution in [3.8, 4) is 0 Å². The van der Waals surface area contributed by atoms with Gasteiger partial charge in [0, 0.05) is 23.4 Å². The van der Waals surface area contributed by atoms with Gasteiger partial charge in [0.25, 0.3) is 0 Å². The van der Waals surface area contributed by atoms with Gasteiger partial charge in [0.05, 0.1) is 5.75 Å². The molecule has 162 valence electrons. The maximum atomic E-state index is 13.2. The third-order valence-corrected chi connectivity index (χ3v) is 6.08. The lowest BCUT2D eigenvalue weighted by atomic mass is 10.1. The van der Waals surface area contributed by atoms with Crippen molar-refractivity contribution in [2.24, 2.45) is 0 Å². The average Bonchev–Trinajstić information content (AvgIpc) is 2.74. The quantitative estimate of drug-likeness (QED) is 0.551. The van der Waals surface area contributed by atoms with Crippen LogP contribution in [0.25, 0.3) is 0 Å². The van der Waals surface area contributed by atoms with Crippen LogP contribution in [0.4, 0.5) is 4.39 Å². The van der Waals surface area contributed by atoms with Crippen LogP contribution in [0.15, 0.2) is 48.5 Å². The van der Waals surface area contributed by atoms with Gasteiger partial charge >= 0.3 is 0 Å². The summed E-state index contributed by atoms with van der Waals surface area (Å²) in [7, 11) is 0. The van der Waals surface area contributed by atoms with E-state index in [2.05, 4.69) is 5.32 Å². The largest absolute Gasteiger partial charge is 0.352 e. The highest BCUT2D eigenvalue weighted by Crippen LogP contribution is 2.18. The van der Waals surface area contributed by atoms with Crippen molar-refractivity contribution >= 4 is 35.2 Å². The van der Waals surface area contributed by atoms with Crippen molar-refractivity contribution < 1.29 is 14.0 Å². The normalized spacial score (nSPS) is 12.8. The summed E-state index contributed by atoms with van der Waals surface area (Å²) in [5, 5.41) is 3.61. The number of halogens is 2. The predicted octanol–water partition coefficient (Wildman–Crippen LogP) is 5.04. The first kappa shape index (κ1) is 24.2. The van der Waals surface area contributed by atoms with Crippen molar-refractivity contribution in [2.75, 3.05) is 5.75 Å². The van der Waals surface area contributed by atoms with Crippen LogP contribution in [-0.4, -0.2) is 34.6 Å². The molecule has 2 atom stereocenters. The van der Waals surface area contributed by atoms with Gasteiger partial charge in [-0.15, -0.1) is 11.8 Å². The van der Waals surface area contributed by atoms with E-state index < -0.39 is 6.04 Å². The van der Waals surface area contributed by atoms with Crippen LogP contribution >= 0.6 is 23.4 Å². The highest BCUT2D eigenvalue weighted by Gasteiger charge is 2.26. The maximum absolute atomic E-state index is 13.2. The second kappa shape index (κ2) is 12.0. The zero-order valence-corrected chi connectivity index (χ0v) is 19.1. The van der Waals surface area contributed by atoms with Gasteiger partial charge in [-0.05, 0) is 55.7 Å². The number of benzene rings is 2. The molecule has 0 heterocycles. The molecule has 0 aliphatic heterocycles. The molecule has 1 N–H and O–H groups in total. The van der Waals surface area contributed by atoms with Gasteiger partial charge in [-0.3, -0.25) is 9.59 Å². The summed E-state index contributed by atoms with van der Waals surface area (Å²) in [6.07, 6.45) is 0.807. The molecule has 4 nitrogen and oxygen atoms in total. The molecule has 0 aromatic heterocycles. The molecule has 0 saturated carbocycles. The van der Waals surface area contributed by atoms with Crippen molar-refractivity contribution in [1.29, 1.82) is 0 Å². The fourth-order valence-corrected chi connectivity index (χ4v) is 3.75. The van der Waals surface area contributed by atoms with Gasteiger partial charge in [0.1, 0.15) is 11.9 Å². The van der Waals surface area contributed by atoms with Gasteiger partial charge < -0.3 is 10.2 Å². The van der Waals surface area contributed by atoms with E-state index in [-0.39, 0.29) is 36.0 Å². The minimum absolute atomic E-state index is 0.0296. The number of nitrogens with zero attached hydrogens (tertiary/aromatic N) is 1. The molecule has 2 aromatic rings. The fourth-order valence-electron chi connectivity index (χ4n) is 2.75. The standard InChI is InChI=1S/C23H28ClFN2O2S/c1-4-16(2)26-23(29)17(3)27(13-18-7-11-21(25)12-8-18)22(28)15-30-14-19-5-9-20(24)10-6-19/h5-12,16-17H,4,13-15H2,1-3H3,(H,26,29)/t16-,17+/m1/s1. The first-order valence-corrected chi connectivity index (χ1v) is 11.5. The molecule has 0 bridgehead atoms. The van der Waals surface area contributed by atoms with Crippen LogP contribution in [0.3, 0.4) is 0 Å². The lowest BCUT2D eigenvalue weighted by Crippen LogP contribution is -2.50. The number of thioether (sulfide) groups is 1. The SMILES string of the molecule is CC[C@@H](C)NC(=O)[C@H](C)N(Cc1ccc(F)cc1)C(=O)CSCc1ccc(Cl)cc1. The summed E-state index contributed by atoms with van der Waals surface area (Å²) in [6, 6.07) is 12.9. The fraction of sp³-hybridized carbons (Fsp3) is 0.391. The maximum Gasteiger partial charge on any atom is 0.242 e. The predicted molar refractivity (Wildman–Crippen MR) is 122 cm³/mol. The molecule has 2 rings (SSSR count). The zero-order chi connectivity index (χ0) is 22.1. The van der Waals surface area contributed by atoms with Gasteiger partial charge in [0.2, 0.25) is 11.8 Å². The zero-order valence-electron chi connectivity index (χ0n) is 17.5. The molecule has 2 amide bonds. The first-order chi connectivity index (χ1) is 14.3. The van der Waals surface area contributed by atoms with Gasteiger partial charge in [-0.2, -0.15) is 0 Å². The molecular weight excluding hydrogens is 423 g/mol. The van der Waals surface area contributed by atoms with E-state index in [1.165, 1.54) is 23.9 Å². The third kappa shape index (κ3) is 7.65. The molecule has 0 unspecified atom stereocenters. The third-order valence-electron chi connectivity index (χ3n) is 4.84. The molecule has 0 fully saturated rings. The summed E-state index contributed by atoms with van der Waals surface area (Å²) in [4.78, 5) is 27.2. The summed E-state index contributed by atoms with van der Waals surface area (Å²) < 4.78 is 13.2. The Balaban J connectivity index is 2.06. The van der Waals surface area contributed by atoms with Crippen molar-refractivity contribution in [2.45, 2.75) is 51.6 Å². The van der Waals surface area contributed by atoms with E-state index in [4.69, 9.17) is 11.6 Å².